The first-order valence-electron chi connectivity index (χ1n) is 7.76. The van der Waals surface area contributed by atoms with Gasteiger partial charge in [0.2, 0.25) is 0 Å². The first-order chi connectivity index (χ1) is 10.6. The summed E-state index contributed by atoms with van der Waals surface area (Å²) in [7, 11) is 1.67. The van der Waals surface area contributed by atoms with Gasteiger partial charge in [-0.2, -0.15) is 0 Å². The third kappa shape index (κ3) is 5.87. The number of likely N-dealkylation sites (tertiary alicyclic amines) is 1. The van der Waals surface area contributed by atoms with Crippen LogP contribution in [0.4, 0.5) is 8.78 Å². The lowest BCUT2D eigenvalue weighted by Gasteiger charge is -2.24. The Hall–Kier alpha value is -0.960. The lowest BCUT2D eigenvalue weighted by molar-refractivity contribution is 0.267. The summed E-state index contributed by atoms with van der Waals surface area (Å²) in [5.74, 6) is -0.255. The van der Waals surface area contributed by atoms with Crippen LogP contribution in [0.25, 0.3) is 0 Å². The number of halogens is 3. The van der Waals surface area contributed by atoms with Gasteiger partial charge in [0, 0.05) is 31.7 Å². The van der Waals surface area contributed by atoms with Crippen LogP contribution in [-0.4, -0.2) is 43.6 Å². The van der Waals surface area contributed by atoms with Crippen molar-refractivity contribution in [1.29, 1.82) is 0 Å². The second kappa shape index (κ2) is 10.0. The first-order valence-corrected chi connectivity index (χ1v) is 7.76. The minimum atomic E-state index is -0.439. The number of aliphatic imine (C=N–C) groups is 1. The van der Waals surface area contributed by atoms with Gasteiger partial charge in [-0.05, 0) is 44.1 Å². The van der Waals surface area contributed by atoms with Gasteiger partial charge in [0.1, 0.15) is 11.6 Å². The number of benzene rings is 1. The molecule has 1 aliphatic heterocycles. The normalized spacial score (nSPS) is 18.6. The molecule has 0 saturated carbocycles. The van der Waals surface area contributed by atoms with E-state index in [9.17, 15) is 8.78 Å². The van der Waals surface area contributed by atoms with Crippen LogP contribution in [0.1, 0.15) is 25.3 Å². The van der Waals surface area contributed by atoms with Crippen LogP contribution in [0.3, 0.4) is 0 Å². The van der Waals surface area contributed by atoms with Crippen molar-refractivity contribution in [3.05, 3.63) is 35.4 Å². The molecule has 0 aliphatic carbocycles. The Morgan fingerprint density at radius 1 is 1.35 bits per heavy atom. The maximum Gasteiger partial charge on any atom is 0.191 e. The first kappa shape index (κ1) is 20.1. The van der Waals surface area contributed by atoms with Gasteiger partial charge in [0.05, 0.1) is 0 Å². The minimum Gasteiger partial charge on any atom is -0.355 e. The van der Waals surface area contributed by atoms with E-state index in [2.05, 4.69) is 27.4 Å². The van der Waals surface area contributed by atoms with Gasteiger partial charge in [-0.1, -0.05) is 6.92 Å². The highest BCUT2D eigenvalue weighted by Gasteiger charge is 2.22. The quantitative estimate of drug-likeness (QED) is 0.422. The van der Waals surface area contributed by atoms with Crippen molar-refractivity contribution in [1.82, 2.24) is 15.5 Å². The summed E-state index contributed by atoms with van der Waals surface area (Å²) in [5, 5.41) is 6.29. The van der Waals surface area contributed by atoms with Crippen LogP contribution in [0.15, 0.2) is 23.2 Å². The number of hydrogen-bond donors (Lipinski definition) is 2. The second-order valence-electron chi connectivity index (χ2n) is 5.47. The zero-order chi connectivity index (χ0) is 15.9. The van der Waals surface area contributed by atoms with E-state index in [1.807, 2.05) is 0 Å². The molecule has 1 atom stereocenters. The van der Waals surface area contributed by atoms with E-state index in [1.165, 1.54) is 18.9 Å². The predicted octanol–water partition coefficient (Wildman–Crippen LogP) is 2.73. The van der Waals surface area contributed by atoms with Gasteiger partial charge >= 0.3 is 0 Å². The van der Waals surface area contributed by atoms with Crippen LogP contribution in [-0.2, 0) is 6.54 Å². The van der Waals surface area contributed by atoms with Gasteiger partial charge in [0.15, 0.2) is 5.96 Å². The molecule has 0 aromatic heterocycles. The summed E-state index contributed by atoms with van der Waals surface area (Å²) < 4.78 is 26.7. The molecule has 0 spiro atoms. The number of nitrogens with zero attached hydrogens (tertiary/aromatic N) is 2. The van der Waals surface area contributed by atoms with Crippen LogP contribution in [0, 0.1) is 11.6 Å². The summed E-state index contributed by atoms with van der Waals surface area (Å²) in [5.41, 5.74) is 0.291. The molecule has 1 aromatic rings. The summed E-state index contributed by atoms with van der Waals surface area (Å²) in [6.07, 6.45) is 2.40. The number of nitrogens with one attached hydrogen (secondary N) is 2. The van der Waals surface area contributed by atoms with Crippen LogP contribution in [0.2, 0.25) is 0 Å². The molecular weight excluding hydrogens is 413 g/mol. The summed E-state index contributed by atoms with van der Waals surface area (Å²) >= 11 is 0. The molecular formula is C16H25F2IN4. The fourth-order valence-electron chi connectivity index (χ4n) is 2.84. The Bertz CT molecular complexity index is 525. The topological polar surface area (TPSA) is 39.7 Å². The molecule has 2 rings (SSSR count). The maximum absolute atomic E-state index is 13.6. The largest absolute Gasteiger partial charge is 0.355 e. The predicted molar refractivity (Wildman–Crippen MR) is 100 cm³/mol. The van der Waals surface area contributed by atoms with E-state index in [4.69, 9.17) is 0 Å². The Labute approximate surface area is 153 Å². The lowest BCUT2D eigenvalue weighted by Crippen LogP contribution is -2.44. The van der Waals surface area contributed by atoms with E-state index in [0.717, 1.165) is 31.8 Å². The highest BCUT2D eigenvalue weighted by molar-refractivity contribution is 14.0. The fraction of sp³-hybridized carbons (Fsp3) is 0.562. The smallest absolute Gasteiger partial charge is 0.191 e. The third-order valence-electron chi connectivity index (χ3n) is 4.09. The standard InChI is InChI=1S/C16H24F2N4.HI/c1-3-22-8-4-5-14(22)11-21-16(19-2)20-10-12-9-13(17)6-7-15(12)18;/h6-7,9,14H,3-5,8,10-11H2,1-2H3,(H2,19,20,21);1H. The van der Waals surface area contributed by atoms with Crippen LogP contribution in [0.5, 0.6) is 0 Å². The molecule has 7 heteroatoms. The van der Waals surface area contributed by atoms with Crippen molar-refractivity contribution in [2.24, 2.45) is 4.99 Å². The number of guanidine groups is 1. The zero-order valence-corrected chi connectivity index (χ0v) is 15.9. The summed E-state index contributed by atoms with van der Waals surface area (Å²) in [6, 6.07) is 3.96. The summed E-state index contributed by atoms with van der Waals surface area (Å²) in [4.78, 5) is 6.56. The number of hydrogen-bond acceptors (Lipinski definition) is 2. The Balaban J connectivity index is 0.00000264. The molecule has 1 unspecified atom stereocenters. The Kier molecular flexibility index (Phi) is 8.75. The van der Waals surface area contributed by atoms with E-state index in [-0.39, 0.29) is 30.5 Å². The molecule has 0 radical (unpaired) electrons. The highest BCUT2D eigenvalue weighted by atomic mass is 127. The van der Waals surface area contributed by atoms with Gasteiger partial charge in [0.25, 0.3) is 0 Å². The van der Waals surface area contributed by atoms with Gasteiger partial charge in [-0.3, -0.25) is 9.89 Å². The molecule has 1 heterocycles. The van der Waals surface area contributed by atoms with E-state index < -0.39 is 11.6 Å². The average molecular weight is 438 g/mol. The monoisotopic (exact) mass is 438 g/mol. The molecule has 0 amide bonds. The van der Waals surface area contributed by atoms with Gasteiger partial charge in [-0.15, -0.1) is 24.0 Å². The average Bonchev–Trinajstić information content (AvgIpc) is 2.98. The molecule has 130 valence electrons. The van der Waals surface area contributed by atoms with Gasteiger partial charge < -0.3 is 10.6 Å². The Morgan fingerprint density at radius 2 is 2.13 bits per heavy atom. The molecule has 0 bridgehead atoms. The zero-order valence-electron chi connectivity index (χ0n) is 13.6. The molecule has 4 nitrogen and oxygen atoms in total. The lowest BCUT2D eigenvalue weighted by atomic mass is 10.2. The number of rotatable bonds is 5. The molecule has 1 aliphatic rings. The maximum atomic E-state index is 13.6. The van der Waals surface area contributed by atoms with Crippen molar-refractivity contribution in [2.45, 2.75) is 32.4 Å². The highest BCUT2D eigenvalue weighted by Crippen LogP contribution is 2.15. The van der Waals surface area contributed by atoms with Crippen molar-refractivity contribution >= 4 is 29.9 Å². The SMILES string of the molecule is CCN1CCCC1CNC(=NC)NCc1cc(F)ccc1F.I. The molecule has 1 fully saturated rings. The minimum absolute atomic E-state index is 0. The van der Waals surface area contributed by atoms with E-state index >= 15 is 0 Å². The third-order valence-corrected chi connectivity index (χ3v) is 4.09. The van der Waals surface area contributed by atoms with Crippen molar-refractivity contribution in [3.63, 3.8) is 0 Å². The van der Waals surface area contributed by atoms with E-state index in [0.29, 0.717) is 17.6 Å². The van der Waals surface area contributed by atoms with Gasteiger partial charge in [-0.25, -0.2) is 8.78 Å². The molecule has 23 heavy (non-hydrogen) atoms. The summed E-state index contributed by atoms with van der Waals surface area (Å²) in [6.45, 7) is 5.36. The van der Waals surface area contributed by atoms with Crippen molar-refractivity contribution in [2.75, 3.05) is 26.7 Å². The second-order valence-corrected chi connectivity index (χ2v) is 5.47. The van der Waals surface area contributed by atoms with Crippen LogP contribution >= 0.6 is 24.0 Å². The van der Waals surface area contributed by atoms with Crippen molar-refractivity contribution < 1.29 is 8.78 Å². The van der Waals surface area contributed by atoms with Crippen LogP contribution < -0.4 is 10.6 Å². The molecule has 2 N–H and O–H groups in total. The Morgan fingerprint density at radius 3 is 2.83 bits per heavy atom. The van der Waals surface area contributed by atoms with E-state index in [1.54, 1.807) is 7.05 Å². The number of likely N-dealkylation sites (N-methyl/N-ethyl adjacent to an activating group) is 1. The fourth-order valence-corrected chi connectivity index (χ4v) is 2.84. The van der Waals surface area contributed by atoms with Crippen molar-refractivity contribution in [3.8, 4) is 0 Å². The molecule has 1 aromatic carbocycles. The molecule has 1 saturated heterocycles.